The van der Waals surface area contributed by atoms with Gasteiger partial charge in [-0.05, 0) is 26.4 Å². The van der Waals surface area contributed by atoms with Gasteiger partial charge >= 0.3 is 0 Å². The Kier molecular flexibility index (Phi) is 7.73. The van der Waals surface area contributed by atoms with Crippen LogP contribution in [0.4, 0.5) is 5.69 Å². The van der Waals surface area contributed by atoms with Gasteiger partial charge in [0, 0.05) is 31.4 Å². The summed E-state index contributed by atoms with van der Waals surface area (Å²) in [5, 5.41) is 11.7. The largest absolute Gasteiger partial charge is 0.490 e. The molecule has 2 unspecified atom stereocenters. The molecule has 29 heavy (non-hydrogen) atoms. The zero-order valence-electron chi connectivity index (χ0n) is 16.4. The Hall–Kier alpha value is -1.85. The van der Waals surface area contributed by atoms with Gasteiger partial charge < -0.3 is 20.7 Å². The molecule has 2 aliphatic heterocycles. The van der Waals surface area contributed by atoms with Gasteiger partial charge in [0.25, 0.3) is 0 Å². The number of anilines is 1. The molecule has 11 heteroatoms. The molecular weight excluding hydrogens is 398 g/mol. The Labute approximate surface area is 174 Å². The van der Waals surface area contributed by atoms with Crippen molar-refractivity contribution in [2.75, 3.05) is 38.6 Å². The van der Waals surface area contributed by atoms with Crippen LogP contribution in [0.1, 0.15) is 12.8 Å². The van der Waals surface area contributed by atoms with E-state index in [4.69, 9.17) is 22.1 Å². The van der Waals surface area contributed by atoms with Crippen LogP contribution in [0.3, 0.4) is 0 Å². The highest BCUT2D eigenvalue weighted by Gasteiger charge is 2.37. The molecule has 2 saturated heterocycles. The van der Waals surface area contributed by atoms with Crippen molar-refractivity contribution in [1.82, 2.24) is 20.5 Å². The monoisotopic (exact) mass is 425 g/mol. The van der Waals surface area contributed by atoms with Crippen LogP contribution in [-0.2, 0) is 4.79 Å². The molecule has 3 rings (SSSR count). The highest BCUT2D eigenvalue weighted by molar-refractivity contribution is 6.21. The molecule has 0 aliphatic carbocycles. The van der Waals surface area contributed by atoms with Crippen molar-refractivity contribution in [3.63, 3.8) is 0 Å². The second-order valence-electron chi connectivity index (χ2n) is 7.46. The topological polar surface area (TPSA) is 134 Å². The Balaban J connectivity index is 1.68. The third kappa shape index (κ3) is 5.61. The Bertz CT molecular complexity index is 702. The van der Waals surface area contributed by atoms with E-state index in [0.717, 1.165) is 19.4 Å². The van der Waals surface area contributed by atoms with Gasteiger partial charge in [0.2, 0.25) is 5.91 Å². The normalized spacial score (nSPS) is 27.2. The van der Waals surface area contributed by atoms with E-state index in [1.807, 2.05) is 0 Å². The van der Waals surface area contributed by atoms with Crippen molar-refractivity contribution in [3.8, 4) is 5.75 Å². The maximum atomic E-state index is 13.0. The second kappa shape index (κ2) is 10.3. The van der Waals surface area contributed by atoms with Crippen LogP contribution in [0, 0.1) is 10.8 Å². The summed E-state index contributed by atoms with van der Waals surface area (Å²) < 4.78 is 5.96. The number of aromatic nitrogens is 1. The molecule has 160 valence electrons. The van der Waals surface area contributed by atoms with E-state index in [0.29, 0.717) is 37.2 Å². The lowest BCUT2D eigenvalue weighted by Crippen LogP contribution is -2.62. The number of alkyl halides is 1. The Morgan fingerprint density at radius 3 is 2.93 bits per heavy atom. The summed E-state index contributed by atoms with van der Waals surface area (Å²) in [5.41, 5.74) is 6.25. The molecule has 0 aromatic carbocycles. The number of halogens is 1. The molecule has 1 aromatic heterocycles. The van der Waals surface area contributed by atoms with Crippen LogP contribution in [0.5, 0.6) is 5.75 Å². The Morgan fingerprint density at radius 1 is 1.52 bits per heavy atom. The molecule has 0 saturated carbocycles. The number of amides is 1. The quantitative estimate of drug-likeness (QED) is 0.345. The zero-order valence-corrected chi connectivity index (χ0v) is 17.1. The van der Waals surface area contributed by atoms with Crippen molar-refractivity contribution in [1.29, 1.82) is 0 Å². The molecule has 0 radical (unpaired) electrons. The number of rotatable bonds is 8. The van der Waals surface area contributed by atoms with Crippen LogP contribution in [0.15, 0.2) is 23.6 Å². The molecule has 0 spiro atoms. The molecule has 2 aliphatic rings. The maximum Gasteiger partial charge on any atom is 0.234 e. The van der Waals surface area contributed by atoms with Crippen molar-refractivity contribution >= 4 is 23.2 Å². The van der Waals surface area contributed by atoms with E-state index >= 15 is 0 Å². The molecule has 1 amide bonds. The number of nitrogens with zero attached hydrogens (tertiary/aromatic N) is 3. The fourth-order valence-electron chi connectivity index (χ4n) is 3.67. The average molecular weight is 426 g/mol. The molecule has 3 atom stereocenters. The highest BCUT2D eigenvalue weighted by atomic mass is 35.5. The van der Waals surface area contributed by atoms with Crippen molar-refractivity contribution in [2.45, 2.75) is 36.6 Å². The molecule has 10 nitrogen and oxygen atoms in total. The number of likely N-dealkylation sites (N-methyl/N-ethyl adjacent to an activating group) is 1. The van der Waals surface area contributed by atoms with Gasteiger partial charge in [0.1, 0.15) is 24.0 Å². The minimum atomic E-state index is -1.22. The third-order valence-corrected chi connectivity index (χ3v) is 5.72. The number of ether oxygens (including phenoxy) is 1. The smallest absolute Gasteiger partial charge is 0.234 e. The zero-order chi connectivity index (χ0) is 20.8. The number of pyridine rings is 1. The van der Waals surface area contributed by atoms with E-state index in [1.54, 1.807) is 12.3 Å². The van der Waals surface area contributed by atoms with Gasteiger partial charge in [-0.15, -0.1) is 16.5 Å². The van der Waals surface area contributed by atoms with Gasteiger partial charge in [0.05, 0.1) is 17.7 Å². The lowest BCUT2D eigenvalue weighted by molar-refractivity contribution is -0.121. The first-order valence-electron chi connectivity index (χ1n) is 9.76. The molecule has 1 aromatic rings. The van der Waals surface area contributed by atoms with Gasteiger partial charge in [-0.25, -0.2) is 0 Å². The number of likely N-dealkylation sites (tertiary alicyclic amines) is 1. The standard InChI is InChI=1S/C18H28ClN7O3/c1-26-6-2-3-12(26)10-29-14-4-5-21-9-13(14)24-18(27)15(16(20)25-28)17-22-7-11(19)8-23-17/h4-5,9,11-12,15-17,22-23H,2-3,6-8,10,20H2,1H3,(H,24,27)/t11?,12-,15?,16?,17?/m1/s1. The number of hydrogen-bond acceptors (Lipinski definition) is 9. The number of nitroso groups, excluding NO2 is 1. The summed E-state index contributed by atoms with van der Waals surface area (Å²) >= 11 is 6.06. The predicted octanol–water partition coefficient (Wildman–Crippen LogP) is 0.287. The first-order valence-corrected chi connectivity index (χ1v) is 10.2. The van der Waals surface area contributed by atoms with E-state index < -0.39 is 24.2 Å². The summed E-state index contributed by atoms with van der Waals surface area (Å²) in [6, 6.07) is 2.04. The summed E-state index contributed by atoms with van der Waals surface area (Å²) in [4.78, 5) is 30.4. The highest BCUT2D eigenvalue weighted by Crippen LogP contribution is 2.26. The molecule has 2 fully saturated rings. The van der Waals surface area contributed by atoms with Gasteiger partial charge in [-0.1, -0.05) is 5.18 Å². The fraction of sp³-hybridized carbons (Fsp3) is 0.667. The van der Waals surface area contributed by atoms with E-state index in [-0.39, 0.29) is 5.38 Å². The molecule has 5 N–H and O–H groups in total. The minimum absolute atomic E-state index is 0.109. The SMILES string of the molecule is CN1CCC[C@@H]1COc1ccncc1NC(=O)C(C(N)N=O)C1NCC(Cl)CN1. The van der Waals surface area contributed by atoms with Crippen molar-refractivity contribution in [3.05, 3.63) is 23.4 Å². The summed E-state index contributed by atoms with van der Waals surface area (Å²) in [5.74, 6) is -0.859. The van der Waals surface area contributed by atoms with Crippen molar-refractivity contribution in [2.24, 2.45) is 16.8 Å². The fourth-order valence-corrected chi connectivity index (χ4v) is 3.85. The van der Waals surface area contributed by atoms with Crippen LogP contribution in [0.2, 0.25) is 0 Å². The summed E-state index contributed by atoms with van der Waals surface area (Å²) in [6.45, 7) is 2.55. The lowest BCUT2D eigenvalue weighted by atomic mass is 9.99. The van der Waals surface area contributed by atoms with Crippen molar-refractivity contribution < 1.29 is 9.53 Å². The molecule has 3 heterocycles. The molecule has 0 bridgehead atoms. The number of carbonyl (C=O) groups is 1. The number of carbonyl (C=O) groups excluding carboxylic acids is 1. The van der Waals surface area contributed by atoms with Crippen LogP contribution < -0.4 is 26.4 Å². The average Bonchev–Trinajstić information content (AvgIpc) is 3.13. The summed E-state index contributed by atoms with van der Waals surface area (Å²) in [7, 11) is 2.07. The Morgan fingerprint density at radius 2 is 2.28 bits per heavy atom. The second-order valence-corrected chi connectivity index (χ2v) is 8.08. The van der Waals surface area contributed by atoms with Gasteiger partial charge in [-0.3, -0.25) is 20.4 Å². The number of hydrogen-bond donors (Lipinski definition) is 4. The maximum absolute atomic E-state index is 13.0. The third-order valence-electron chi connectivity index (χ3n) is 5.41. The lowest BCUT2D eigenvalue weighted by Gasteiger charge is -2.34. The first kappa shape index (κ1) is 21.8. The van der Waals surface area contributed by atoms with Crippen LogP contribution in [0.25, 0.3) is 0 Å². The number of nitrogens with one attached hydrogen (secondary N) is 3. The minimum Gasteiger partial charge on any atom is -0.490 e. The van der Waals surface area contributed by atoms with Gasteiger partial charge in [0.15, 0.2) is 6.17 Å². The van der Waals surface area contributed by atoms with E-state index in [9.17, 15) is 9.70 Å². The van der Waals surface area contributed by atoms with Gasteiger partial charge in [-0.2, -0.15) is 0 Å². The number of nitrogens with two attached hydrogens (primary N) is 1. The summed E-state index contributed by atoms with van der Waals surface area (Å²) in [6.07, 6.45) is 3.59. The van der Waals surface area contributed by atoms with E-state index in [1.165, 1.54) is 6.20 Å². The molecular formula is C18H28ClN7O3. The predicted molar refractivity (Wildman–Crippen MR) is 111 cm³/mol. The van der Waals surface area contributed by atoms with E-state index in [2.05, 4.69) is 38.1 Å². The van der Waals surface area contributed by atoms with Crippen LogP contribution >= 0.6 is 11.6 Å². The van der Waals surface area contributed by atoms with Crippen LogP contribution in [-0.4, -0.2) is 72.8 Å². The first-order chi connectivity index (χ1) is 14.0.